The SMILES string of the molecule is OC(COCc1ccco1)CN1CCCSCC1. The Morgan fingerprint density at radius 2 is 2.39 bits per heavy atom. The van der Waals surface area contributed by atoms with Crippen LogP contribution in [0.3, 0.4) is 0 Å². The van der Waals surface area contributed by atoms with E-state index < -0.39 is 6.10 Å². The van der Waals surface area contributed by atoms with E-state index in [9.17, 15) is 5.11 Å². The number of rotatable bonds is 6. The predicted octanol–water partition coefficient (Wildman–Crippen LogP) is 1.60. The molecule has 0 radical (unpaired) electrons. The minimum atomic E-state index is -0.414. The number of ether oxygens (including phenoxy) is 1. The van der Waals surface area contributed by atoms with E-state index in [1.54, 1.807) is 6.26 Å². The van der Waals surface area contributed by atoms with Gasteiger partial charge < -0.3 is 14.3 Å². The van der Waals surface area contributed by atoms with Crippen molar-refractivity contribution in [2.24, 2.45) is 0 Å². The molecule has 0 bridgehead atoms. The average molecular weight is 271 g/mol. The van der Waals surface area contributed by atoms with E-state index in [0.717, 1.165) is 18.8 Å². The molecule has 4 nitrogen and oxygen atoms in total. The maximum atomic E-state index is 9.92. The molecule has 102 valence electrons. The number of hydrogen-bond acceptors (Lipinski definition) is 5. The van der Waals surface area contributed by atoms with E-state index >= 15 is 0 Å². The molecule has 1 aliphatic rings. The number of aliphatic hydroxyl groups excluding tert-OH is 1. The van der Waals surface area contributed by atoms with Gasteiger partial charge in [0.2, 0.25) is 0 Å². The van der Waals surface area contributed by atoms with Gasteiger partial charge in [-0.05, 0) is 30.9 Å². The molecule has 0 amide bonds. The Kier molecular flexibility index (Phi) is 6.07. The molecule has 0 spiro atoms. The minimum absolute atomic E-state index is 0.365. The summed E-state index contributed by atoms with van der Waals surface area (Å²) < 4.78 is 10.6. The molecule has 1 fully saturated rings. The molecule has 1 atom stereocenters. The smallest absolute Gasteiger partial charge is 0.129 e. The van der Waals surface area contributed by atoms with Crippen molar-refractivity contribution in [3.63, 3.8) is 0 Å². The molecular formula is C13H21NO3S. The van der Waals surface area contributed by atoms with Crippen LogP contribution in [-0.4, -0.2) is 53.9 Å². The standard InChI is InChI=1S/C13H21NO3S/c15-12(9-14-4-2-7-18-8-5-14)10-16-11-13-3-1-6-17-13/h1,3,6,12,15H,2,4-5,7-11H2. The molecule has 2 heterocycles. The van der Waals surface area contributed by atoms with E-state index in [2.05, 4.69) is 4.90 Å². The van der Waals surface area contributed by atoms with Crippen molar-refractivity contribution in [2.75, 3.05) is 37.7 Å². The summed E-state index contributed by atoms with van der Waals surface area (Å²) in [6.07, 6.45) is 2.43. The molecule has 1 N–H and O–H groups in total. The fraction of sp³-hybridized carbons (Fsp3) is 0.692. The Bertz CT molecular complexity index is 310. The number of nitrogens with zero attached hydrogens (tertiary/aromatic N) is 1. The number of aliphatic hydroxyl groups is 1. The van der Waals surface area contributed by atoms with Gasteiger partial charge in [0.05, 0.1) is 19.0 Å². The van der Waals surface area contributed by atoms with Crippen LogP contribution in [0.15, 0.2) is 22.8 Å². The van der Waals surface area contributed by atoms with Crippen LogP contribution in [0.2, 0.25) is 0 Å². The Labute approximate surface area is 112 Å². The monoisotopic (exact) mass is 271 g/mol. The summed E-state index contributed by atoms with van der Waals surface area (Å²) in [4.78, 5) is 2.32. The maximum absolute atomic E-state index is 9.92. The van der Waals surface area contributed by atoms with Crippen molar-refractivity contribution in [1.29, 1.82) is 0 Å². The van der Waals surface area contributed by atoms with Crippen LogP contribution in [0.25, 0.3) is 0 Å². The molecule has 0 aromatic carbocycles. The number of furan rings is 1. The first-order chi connectivity index (χ1) is 8.84. The molecular weight excluding hydrogens is 250 g/mol. The second kappa shape index (κ2) is 7.84. The first-order valence-electron chi connectivity index (χ1n) is 6.43. The molecule has 0 aliphatic carbocycles. The fourth-order valence-electron chi connectivity index (χ4n) is 2.02. The van der Waals surface area contributed by atoms with Crippen LogP contribution >= 0.6 is 11.8 Å². The van der Waals surface area contributed by atoms with Gasteiger partial charge in [-0.3, -0.25) is 4.90 Å². The van der Waals surface area contributed by atoms with Crippen LogP contribution in [0.4, 0.5) is 0 Å². The summed E-state index contributed by atoms with van der Waals surface area (Å²) in [5, 5.41) is 9.92. The summed E-state index contributed by atoms with van der Waals surface area (Å²) in [5.41, 5.74) is 0. The van der Waals surface area contributed by atoms with Gasteiger partial charge in [0, 0.05) is 18.8 Å². The lowest BCUT2D eigenvalue weighted by Crippen LogP contribution is -2.36. The fourth-order valence-corrected chi connectivity index (χ4v) is 2.95. The second-order valence-electron chi connectivity index (χ2n) is 4.51. The van der Waals surface area contributed by atoms with Gasteiger partial charge in [0.1, 0.15) is 12.4 Å². The zero-order valence-electron chi connectivity index (χ0n) is 10.6. The van der Waals surface area contributed by atoms with Gasteiger partial charge >= 0.3 is 0 Å². The second-order valence-corrected chi connectivity index (χ2v) is 5.74. The highest BCUT2D eigenvalue weighted by Gasteiger charge is 2.14. The molecule has 1 aliphatic heterocycles. The summed E-state index contributed by atoms with van der Waals surface area (Å²) in [6, 6.07) is 3.71. The van der Waals surface area contributed by atoms with E-state index in [4.69, 9.17) is 9.15 Å². The maximum Gasteiger partial charge on any atom is 0.129 e. The zero-order chi connectivity index (χ0) is 12.6. The van der Waals surface area contributed by atoms with Crippen LogP contribution in [0.1, 0.15) is 12.2 Å². The number of thioether (sulfide) groups is 1. The average Bonchev–Trinajstić information content (AvgIpc) is 2.74. The highest BCUT2D eigenvalue weighted by atomic mass is 32.2. The third-order valence-corrected chi connectivity index (χ3v) is 3.97. The summed E-state index contributed by atoms with van der Waals surface area (Å²) >= 11 is 2.00. The van der Waals surface area contributed by atoms with E-state index in [1.165, 1.54) is 17.9 Å². The van der Waals surface area contributed by atoms with Crippen molar-refractivity contribution in [3.05, 3.63) is 24.2 Å². The Morgan fingerprint density at radius 1 is 1.44 bits per heavy atom. The Morgan fingerprint density at radius 3 is 3.22 bits per heavy atom. The molecule has 5 heteroatoms. The van der Waals surface area contributed by atoms with Crippen molar-refractivity contribution in [1.82, 2.24) is 4.90 Å². The van der Waals surface area contributed by atoms with E-state index in [-0.39, 0.29) is 0 Å². The first kappa shape index (κ1) is 13.9. The molecule has 1 saturated heterocycles. The summed E-state index contributed by atoms with van der Waals surface area (Å²) in [5.74, 6) is 3.20. The van der Waals surface area contributed by atoms with Crippen LogP contribution in [0.5, 0.6) is 0 Å². The van der Waals surface area contributed by atoms with Gasteiger partial charge in [0.25, 0.3) is 0 Å². The highest BCUT2D eigenvalue weighted by molar-refractivity contribution is 7.99. The number of hydrogen-bond donors (Lipinski definition) is 1. The van der Waals surface area contributed by atoms with E-state index in [0.29, 0.717) is 19.8 Å². The van der Waals surface area contributed by atoms with Crippen molar-refractivity contribution in [2.45, 2.75) is 19.1 Å². The van der Waals surface area contributed by atoms with Gasteiger partial charge in [-0.15, -0.1) is 0 Å². The zero-order valence-corrected chi connectivity index (χ0v) is 11.4. The molecule has 1 aromatic rings. The van der Waals surface area contributed by atoms with Gasteiger partial charge in [-0.1, -0.05) is 0 Å². The van der Waals surface area contributed by atoms with Crippen molar-refractivity contribution >= 4 is 11.8 Å². The van der Waals surface area contributed by atoms with Crippen LogP contribution in [-0.2, 0) is 11.3 Å². The molecule has 0 saturated carbocycles. The van der Waals surface area contributed by atoms with Crippen molar-refractivity contribution in [3.8, 4) is 0 Å². The minimum Gasteiger partial charge on any atom is -0.467 e. The first-order valence-corrected chi connectivity index (χ1v) is 7.58. The Balaban J connectivity index is 1.60. The highest BCUT2D eigenvalue weighted by Crippen LogP contribution is 2.10. The van der Waals surface area contributed by atoms with Gasteiger partial charge in [0.15, 0.2) is 0 Å². The lowest BCUT2D eigenvalue weighted by molar-refractivity contribution is 0.00619. The summed E-state index contributed by atoms with van der Waals surface area (Å²) in [7, 11) is 0. The molecule has 1 aromatic heterocycles. The quantitative estimate of drug-likeness (QED) is 0.851. The summed E-state index contributed by atoms with van der Waals surface area (Å²) in [6.45, 7) is 3.66. The molecule has 1 unspecified atom stereocenters. The molecule has 18 heavy (non-hydrogen) atoms. The van der Waals surface area contributed by atoms with Crippen molar-refractivity contribution < 1.29 is 14.3 Å². The number of β-amino-alcohol motifs (C(OH)–C–C–N with tert-alkyl or cyclic N) is 1. The lowest BCUT2D eigenvalue weighted by Gasteiger charge is -2.22. The Hall–Kier alpha value is -0.490. The topological polar surface area (TPSA) is 45.8 Å². The third-order valence-electron chi connectivity index (χ3n) is 2.92. The van der Waals surface area contributed by atoms with E-state index in [1.807, 2.05) is 23.9 Å². The third kappa shape index (κ3) is 5.02. The normalized spacial score (nSPS) is 19.6. The van der Waals surface area contributed by atoms with Gasteiger partial charge in [-0.2, -0.15) is 11.8 Å². The van der Waals surface area contributed by atoms with Crippen LogP contribution in [0, 0.1) is 0 Å². The molecule has 2 rings (SSSR count). The predicted molar refractivity (Wildman–Crippen MR) is 72.8 cm³/mol. The largest absolute Gasteiger partial charge is 0.467 e. The van der Waals surface area contributed by atoms with Crippen LogP contribution < -0.4 is 0 Å². The van der Waals surface area contributed by atoms with Gasteiger partial charge in [-0.25, -0.2) is 0 Å². The lowest BCUT2D eigenvalue weighted by atomic mass is 10.3.